The average Bonchev–Trinajstić information content (AvgIpc) is 2.41. The summed E-state index contributed by atoms with van der Waals surface area (Å²) in [6, 6.07) is 0. The van der Waals surface area contributed by atoms with Crippen LogP contribution in [0.5, 0.6) is 0 Å². The predicted octanol–water partition coefficient (Wildman–Crippen LogP) is -0.427. The molecular weight excluding hydrogens is 186 g/mol. The van der Waals surface area contributed by atoms with Crippen molar-refractivity contribution in [2.24, 2.45) is 5.73 Å². The third kappa shape index (κ3) is 1.36. The maximum absolute atomic E-state index is 9.85. The zero-order chi connectivity index (χ0) is 10.6. The van der Waals surface area contributed by atoms with Crippen molar-refractivity contribution in [3.63, 3.8) is 0 Å². The van der Waals surface area contributed by atoms with Crippen LogP contribution in [0, 0.1) is 0 Å². The Balaban J connectivity index is 2.20. The summed E-state index contributed by atoms with van der Waals surface area (Å²) < 4.78 is 16.7. The van der Waals surface area contributed by atoms with E-state index >= 15 is 0 Å². The lowest BCUT2D eigenvalue weighted by Gasteiger charge is -2.25. The summed E-state index contributed by atoms with van der Waals surface area (Å²) in [7, 11) is 0. The van der Waals surface area contributed by atoms with Gasteiger partial charge in [-0.1, -0.05) is 0 Å². The van der Waals surface area contributed by atoms with Crippen LogP contribution in [0.25, 0.3) is 0 Å². The minimum absolute atomic E-state index is 0.264. The first kappa shape index (κ1) is 10.3. The molecule has 5 nitrogen and oxygen atoms in total. The largest absolute Gasteiger partial charge is 0.387 e. The van der Waals surface area contributed by atoms with Crippen molar-refractivity contribution in [1.29, 1.82) is 0 Å². The monoisotopic (exact) mass is 203 g/mol. The van der Waals surface area contributed by atoms with E-state index in [9.17, 15) is 5.11 Å². The van der Waals surface area contributed by atoms with Gasteiger partial charge in [-0.2, -0.15) is 0 Å². The van der Waals surface area contributed by atoms with Crippen molar-refractivity contribution in [3.8, 4) is 0 Å². The van der Waals surface area contributed by atoms with Crippen molar-refractivity contribution in [2.45, 2.75) is 50.7 Å². The Morgan fingerprint density at radius 1 is 1.29 bits per heavy atom. The van der Waals surface area contributed by atoms with Gasteiger partial charge in [0.2, 0.25) is 0 Å². The number of ether oxygens (including phenoxy) is 3. The molecule has 5 heteroatoms. The zero-order valence-electron chi connectivity index (χ0n) is 8.69. The van der Waals surface area contributed by atoms with Crippen LogP contribution in [0.15, 0.2) is 0 Å². The fourth-order valence-corrected chi connectivity index (χ4v) is 2.21. The molecule has 0 unspecified atom stereocenters. The number of hydrogen-bond donors (Lipinski definition) is 2. The number of aliphatic hydroxyl groups is 1. The third-order valence-corrected chi connectivity index (χ3v) is 2.68. The van der Waals surface area contributed by atoms with E-state index in [4.69, 9.17) is 19.9 Å². The molecule has 4 atom stereocenters. The molecule has 0 amide bonds. The lowest BCUT2D eigenvalue weighted by Crippen LogP contribution is -2.38. The van der Waals surface area contributed by atoms with Crippen LogP contribution in [0.2, 0.25) is 0 Å². The van der Waals surface area contributed by atoms with Crippen molar-refractivity contribution >= 4 is 0 Å². The number of aliphatic hydroxyl groups excluding tert-OH is 1. The van der Waals surface area contributed by atoms with E-state index in [-0.39, 0.29) is 6.54 Å². The number of rotatable bonds is 1. The quantitative estimate of drug-likeness (QED) is 0.605. The van der Waals surface area contributed by atoms with Gasteiger partial charge in [0.1, 0.15) is 18.3 Å². The van der Waals surface area contributed by atoms with Gasteiger partial charge in [0.05, 0.1) is 0 Å². The molecule has 2 heterocycles. The second-order valence-corrected chi connectivity index (χ2v) is 4.44. The molecule has 0 aromatic rings. The van der Waals surface area contributed by atoms with Crippen LogP contribution in [-0.2, 0) is 14.2 Å². The maximum atomic E-state index is 9.85. The Morgan fingerprint density at radius 3 is 2.43 bits per heavy atom. The van der Waals surface area contributed by atoms with Gasteiger partial charge in [0, 0.05) is 6.54 Å². The van der Waals surface area contributed by atoms with Gasteiger partial charge in [-0.3, -0.25) is 0 Å². The van der Waals surface area contributed by atoms with E-state index in [2.05, 4.69) is 0 Å². The Hall–Kier alpha value is -0.200. The van der Waals surface area contributed by atoms with Crippen molar-refractivity contribution in [1.82, 2.24) is 0 Å². The number of fused-ring (bicyclic) bond motifs is 1. The molecule has 0 aromatic carbocycles. The predicted molar refractivity (Wildman–Crippen MR) is 48.4 cm³/mol. The van der Waals surface area contributed by atoms with Crippen LogP contribution < -0.4 is 5.73 Å². The van der Waals surface area contributed by atoms with Gasteiger partial charge in [-0.25, -0.2) is 0 Å². The first-order chi connectivity index (χ1) is 6.38. The third-order valence-electron chi connectivity index (χ3n) is 2.68. The first-order valence-corrected chi connectivity index (χ1v) is 4.82. The van der Waals surface area contributed by atoms with Crippen LogP contribution in [0.3, 0.4) is 0 Å². The summed E-state index contributed by atoms with van der Waals surface area (Å²) in [6.07, 6.45) is -1.57. The van der Waals surface area contributed by atoms with E-state index in [1.54, 1.807) is 20.8 Å². The molecule has 3 N–H and O–H groups in total. The molecular formula is C9H17NO4. The van der Waals surface area contributed by atoms with Crippen LogP contribution >= 0.6 is 0 Å². The molecule has 14 heavy (non-hydrogen) atoms. The molecule has 0 aromatic heterocycles. The van der Waals surface area contributed by atoms with Crippen LogP contribution in [0.1, 0.15) is 20.8 Å². The highest BCUT2D eigenvalue weighted by Gasteiger charge is 2.61. The summed E-state index contributed by atoms with van der Waals surface area (Å²) in [5.74, 6) is -1.58. The standard InChI is InChI=1S/C9H17NO4/c1-8(2)13-7-6(11)5(4-10)12-9(7,3)14-8/h5-7,11H,4,10H2,1-3H3/t5-,6+,7-,9-/m0/s1. The molecule has 0 aliphatic carbocycles. The van der Waals surface area contributed by atoms with E-state index in [0.29, 0.717) is 0 Å². The highest BCUT2D eigenvalue weighted by atomic mass is 16.9. The zero-order valence-corrected chi connectivity index (χ0v) is 8.69. The molecule has 2 saturated heterocycles. The Labute approximate surface area is 83.1 Å². The molecule has 2 aliphatic rings. The molecule has 0 saturated carbocycles. The summed E-state index contributed by atoms with van der Waals surface area (Å²) in [5, 5.41) is 9.85. The van der Waals surface area contributed by atoms with E-state index in [1.165, 1.54) is 0 Å². The highest BCUT2D eigenvalue weighted by molar-refractivity contribution is 5.00. The minimum Gasteiger partial charge on any atom is -0.387 e. The molecule has 2 fully saturated rings. The van der Waals surface area contributed by atoms with E-state index in [1.807, 2.05) is 0 Å². The maximum Gasteiger partial charge on any atom is 0.198 e. The topological polar surface area (TPSA) is 73.9 Å². The fourth-order valence-electron chi connectivity index (χ4n) is 2.21. The van der Waals surface area contributed by atoms with E-state index in [0.717, 1.165) is 0 Å². The Bertz CT molecular complexity index is 245. The van der Waals surface area contributed by atoms with Gasteiger partial charge < -0.3 is 25.1 Å². The van der Waals surface area contributed by atoms with Gasteiger partial charge in [0.25, 0.3) is 0 Å². The fraction of sp³-hybridized carbons (Fsp3) is 1.00. The molecule has 2 aliphatic heterocycles. The van der Waals surface area contributed by atoms with Crippen molar-refractivity contribution < 1.29 is 19.3 Å². The van der Waals surface area contributed by atoms with E-state index < -0.39 is 29.9 Å². The highest BCUT2D eigenvalue weighted by Crippen LogP contribution is 2.44. The summed E-state index contributed by atoms with van der Waals surface area (Å²) in [4.78, 5) is 0. The second-order valence-electron chi connectivity index (χ2n) is 4.44. The molecule has 0 bridgehead atoms. The van der Waals surface area contributed by atoms with Gasteiger partial charge in [-0.05, 0) is 20.8 Å². The Morgan fingerprint density at radius 2 is 1.93 bits per heavy atom. The van der Waals surface area contributed by atoms with Crippen molar-refractivity contribution in [3.05, 3.63) is 0 Å². The normalized spacial score (nSPS) is 50.8. The smallest absolute Gasteiger partial charge is 0.198 e. The van der Waals surface area contributed by atoms with Crippen LogP contribution in [-0.4, -0.2) is 41.5 Å². The molecule has 2 rings (SSSR count). The Kier molecular flexibility index (Phi) is 2.14. The number of nitrogens with two attached hydrogens (primary N) is 1. The summed E-state index contributed by atoms with van der Waals surface area (Å²) in [5.41, 5.74) is 5.46. The molecule has 0 radical (unpaired) electrons. The van der Waals surface area contributed by atoms with Gasteiger partial charge in [0.15, 0.2) is 11.6 Å². The number of hydrogen-bond acceptors (Lipinski definition) is 5. The first-order valence-electron chi connectivity index (χ1n) is 4.82. The second kappa shape index (κ2) is 2.90. The van der Waals surface area contributed by atoms with Gasteiger partial charge in [-0.15, -0.1) is 0 Å². The minimum atomic E-state index is -0.868. The molecule has 82 valence electrons. The van der Waals surface area contributed by atoms with Crippen LogP contribution in [0.4, 0.5) is 0 Å². The summed E-state index contributed by atoms with van der Waals surface area (Å²) in [6.45, 7) is 5.62. The van der Waals surface area contributed by atoms with Gasteiger partial charge >= 0.3 is 0 Å². The lowest BCUT2D eigenvalue weighted by molar-refractivity contribution is -0.253. The average molecular weight is 203 g/mol. The lowest BCUT2D eigenvalue weighted by atomic mass is 10.1. The molecule has 0 spiro atoms. The SMILES string of the molecule is CC1(C)O[C@H]2[C@H](O)[C@H](CN)O[C@@]2(C)O1. The summed E-state index contributed by atoms with van der Waals surface area (Å²) >= 11 is 0. The van der Waals surface area contributed by atoms with Crippen molar-refractivity contribution in [2.75, 3.05) is 6.54 Å².